The largest absolute Gasteiger partial charge is 0.502 e. The number of aromatic hydroxyl groups is 1. The zero-order valence-electron chi connectivity index (χ0n) is 11.7. The summed E-state index contributed by atoms with van der Waals surface area (Å²) in [5, 5.41) is 22.1. The van der Waals surface area contributed by atoms with Crippen molar-refractivity contribution in [3.05, 3.63) is 69.4 Å². The van der Waals surface area contributed by atoms with Gasteiger partial charge >= 0.3 is 5.69 Å². The van der Waals surface area contributed by atoms with Gasteiger partial charge in [-0.3, -0.25) is 20.1 Å². The Balaban J connectivity index is 2.07. The molecule has 0 fully saturated rings. The van der Waals surface area contributed by atoms with Crippen LogP contribution in [0.1, 0.15) is 5.56 Å². The first-order valence-corrected chi connectivity index (χ1v) is 6.99. The van der Waals surface area contributed by atoms with E-state index in [0.29, 0.717) is 16.2 Å². The number of aromatic nitrogens is 1. The molecule has 0 atom stereocenters. The van der Waals surface area contributed by atoms with Crippen LogP contribution in [0.3, 0.4) is 0 Å². The number of nitrogens with zero attached hydrogens (tertiary/aromatic N) is 3. The molecular formula is C16H10ClN3O3. The van der Waals surface area contributed by atoms with Crippen LogP contribution >= 0.6 is 11.6 Å². The number of nitro groups is 1. The highest BCUT2D eigenvalue weighted by Gasteiger charge is 2.15. The topological polar surface area (TPSA) is 88.6 Å². The lowest BCUT2D eigenvalue weighted by atomic mass is 10.1. The standard InChI is InChI=1S/C16H10ClN3O3/c17-12-6-7-13(15-11(12)4-2-8-18-15)19-9-10-3-1-5-14(16(10)21)20(22)23/h1-9,21H. The Kier molecular flexibility index (Phi) is 3.91. The Morgan fingerprint density at radius 3 is 2.83 bits per heavy atom. The Bertz CT molecular complexity index is 941. The maximum atomic E-state index is 10.8. The van der Waals surface area contributed by atoms with Crippen LogP contribution in [-0.2, 0) is 0 Å². The molecule has 0 saturated carbocycles. The van der Waals surface area contributed by atoms with Crippen LogP contribution in [0.5, 0.6) is 5.75 Å². The molecule has 0 aliphatic rings. The summed E-state index contributed by atoms with van der Waals surface area (Å²) >= 11 is 6.12. The molecule has 7 heteroatoms. The van der Waals surface area contributed by atoms with Crippen molar-refractivity contribution in [1.82, 2.24) is 4.98 Å². The summed E-state index contributed by atoms with van der Waals surface area (Å²) in [6, 6.07) is 11.2. The van der Waals surface area contributed by atoms with E-state index in [1.165, 1.54) is 24.4 Å². The van der Waals surface area contributed by atoms with Crippen LogP contribution in [0.25, 0.3) is 10.9 Å². The predicted molar refractivity (Wildman–Crippen MR) is 88.8 cm³/mol. The number of para-hydroxylation sites is 1. The summed E-state index contributed by atoms with van der Waals surface area (Å²) in [6.45, 7) is 0. The van der Waals surface area contributed by atoms with Crippen molar-refractivity contribution in [2.24, 2.45) is 4.99 Å². The lowest BCUT2D eigenvalue weighted by molar-refractivity contribution is -0.385. The summed E-state index contributed by atoms with van der Waals surface area (Å²) < 4.78 is 0. The van der Waals surface area contributed by atoms with E-state index in [0.717, 1.165) is 5.39 Å². The molecular weight excluding hydrogens is 318 g/mol. The highest BCUT2D eigenvalue weighted by Crippen LogP contribution is 2.31. The SMILES string of the molecule is O=[N+]([O-])c1cccc(C=Nc2ccc(Cl)c3cccnc23)c1O. The van der Waals surface area contributed by atoms with Gasteiger partial charge in [-0.05, 0) is 30.3 Å². The minimum absolute atomic E-state index is 0.248. The van der Waals surface area contributed by atoms with Crippen LogP contribution < -0.4 is 0 Å². The molecule has 0 unspecified atom stereocenters. The minimum Gasteiger partial charge on any atom is -0.502 e. The van der Waals surface area contributed by atoms with E-state index in [9.17, 15) is 15.2 Å². The van der Waals surface area contributed by atoms with Gasteiger partial charge in [-0.1, -0.05) is 17.7 Å². The molecule has 6 nitrogen and oxygen atoms in total. The van der Waals surface area contributed by atoms with Gasteiger partial charge in [0.15, 0.2) is 0 Å². The third-order valence-corrected chi connectivity index (χ3v) is 3.61. The van der Waals surface area contributed by atoms with Gasteiger partial charge in [0.05, 0.1) is 21.2 Å². The van der Waals surface area contributed by atoms with Crippen LogP contribution in [0.2, 0.25) is 5.02 Å². The molecule has 0 aliphatic heterocycles. The molecule has 0 bridgehead atoms. The maximum Gasteiger partial charge on any atom is 0.311 e. The molecule has 0 aliphatic carbocycles. The van der Waals surface area contributed by atoms with Gasteiger partial charge in [0, 0.05) is 29.4 Å². The van der Waals surface area contributed by atoms with Gasteiger partial charge in [-0.2, -0.15) is 0 Å². The molecule has 23 heavy (non-hydrogen) atoms. The molecule has 2 aromatic carbocycles. The van der Waals surface area contributed by atoms with Gasteiger partial charge in [0.1, 0.15) is 0 Å². The summed E-state index contributed by atoms with van der Waals surface area (Å²) in [5.41, 5.74) is 1.04. The predicted octanol–water partition coefficient (Wildman–Crippen LogP) is 4.25. The highest BCUT2D eigenvalue weighted by molar-refractivity contribution is 6.35. The molecule has 0 saturated heterocycles. The lowest BCUT2D eigenvalue weighted by Gasteiger charge is -2.03. The van der Waals surface area contributed by atoms with E-state index in [1.807, 2.05) is 6.07 Å². The average molecular weight is 328 g/mol. The normalized spacial score (nSPS) is 11.2. The summed E-state index contributed by atoms with van der Waals surface area (Å²) in [4.78, 5) is 18.7. The molecule has 0 amide bonds. The van der Waals surface area contributed by atoms with E-state index >= 15 is 0 Å². The highest BCUT2D eigenvalue weighted by atomic mass is 35.5. The molecule has 1 heterocycles. The fourth-order valence-corrected chi connectivity index (χ4v) is 2.38. The first kappa shape index (κ1) is 14.9. The number of phenols is 1. The molecule has 3 rings (SSSR count). The van der Waals surface area contributed by atoms with Crippen molar-refractivity contribution in [1.29, 1.82) is 0 Å². The van der Waals surface area contributed by atoms with Gasteiger partial charge in [-0.25, -0.2) is 0 Å². The van der Waals surface area contributed by atoms with Crippen molar-refractivity contribution in [3.63, 3.8) is 0 Å². The Morgan fingerprint density at radius 2 is 2.04 bits per heavy atom. The van der Waals surface area contributed by atoms with E-state index < -0.39 is 10.7 Å². The monoisotopic (exact) mass is 327 g/mol. The van der Waals surface area contributed by atoms with E-state index in [-0.39, 0.29) is 11.3 Å². The summed E-state index contributed by atoms with van der Waals surface area (Å²) in [5.74, 6) is -0.424. The third-order valence-electron chi connectivity index (χ3n) is 3.28. The smallest absolute Gasteiger partial charge is 0.311 e. The number of benzene rings is 2. The van der Waals surface area contributed by atoms with Crippen molar-refractivity contribution in [2.75, 3.05) is 0 Å². The van der Waals surface area contributed by atoms with Gasteiger partial charge < -0.3 is 5.11 Å². The molecule has 0 radical (unpaired) electrons. The molecule has 0 spiro atoms. The first-order chi connectivity index (χ1) is 11.1. The average Bonchev–Trinajstić information content (AvgIpc) is 2.55. The summed E-state index contributed by atoms with van der Waals surface area (Å²) in [6.07, 6.45) is 2.99. The summed E-state index contributed by atoms with van der Waals surface area (Å²) in [7, 11) is 0. The second kappa shape index (κ2) is 6.02. The number of phenolic OH excluding ortho intramolecular Hbond substituents is 1. The number of hydrogen-bond acceptors (Lipinski definition) is 5. The van der Waals surface area contributed by atoms with Crippen LogP contribution in [0.15, 0.2) is 53.7 Å². The number of rotatable bonds is 3. The number of pyridine rings is 1. The number of hydrogen-bond donors (Lipinski definition) is 1. The Labute approximate surface area is 135 Å². The fourth-order valence-electron chi connectivity index (χ4n) is 2.17. The quantitative estimate of drug-likeness (QED) is 0.442. The molecule has 1 N–H and O–H groups in total. The van der Waals surface area contributed by atoms with Crippen molar-refractivity contribution >= 4 is 40.1 Å². The number of halogens is 1. The van der Waals surface area contributed by atoms with E-state index in [2.05, 4.69) is 9.98 Å². The third kappa shape index (κ3) is 2.84. The number of aliphatic imine (C=N–C) groups is 1. The zero-order valence-corrected chi connectivity index (χ0v) is 12.4. The van der Waals surface area contributed by atoms with Gasteiger partial charge in [0.25, 0.3) is 0 Å². The van der Waals surface area contributed by atoms with Crippen LogP contribution in [0, 0.1) is 10.1 Å². The Hall–Kier alpha value is -2.99. The van der Waals surface area contributed by atoms with E-state index in [4.69, 9.17) is 11.6 Å². The van der Waals surface area contributed by atoms with Gasteiger partial charge in [0.2, 0.25) is 5.75 Å². The van der Waals surface area contributed by atoms with Gasteiger partial charge in [-0.15, -0.1) is 0 Å². The van der Waals surface area contributed by atoms with Crippen molar-refractivity contribution in [3.8, 4) is 5.75 Å². The minimum atomic E-state index is -0.647. The number of fused-ring (bicyclic) bond motifs is 1. The van der Waals surface area contributed by atoms with Crippen molar-refractivity contribution < 1.29 is 10.0 Å². The molecule has 3 aromatic rings. The molecule has 1 aromatic heterocycles. The van der Waals surface area contributed by atoms with E-state index in [1.54, 1.807) is 24.4 Å². The van der Waals surface area contributed by atoms with Crippen LogP contribution in [-0.4, -0.2) is 21.2 Å². The van der Waals surface area contributed by atoms with Crippen LogP contribution in [0.4, 0.5) is 11.4 Å². The first-order valence-electron chi connectivity index (χ1n) is 6.61. The zero-order chi connectivity index (χ0) is 16.4. The fraction of sp³-hybridized carbons (Fsp3) is 0. The lowest BCUT2D eigenvalue weighted by Crippen LogP contribution is -1.91. The number of nitro benzene ring substituents is 1. The molecule has 114 valence electrons. The second-order valence-corrected chi connectivity index (χ2v) is 5.10. The van der Waals surface area contributed by atoms with Crippen molar-refractivity contribution in [2.45, 2.75) is 0 Å². The Morgan fingerprint density at radius 1 is 1.22 bits per heavy atom. The second-order valence-electron chi connectivity index (χ2n) is 4.70. The maximum absolute atomic E-state index is 10.8.